The van der Waals surface area contributed by atoms with Gasteiger partial charge < -0.3 is 5.32 Å². The van der Waals surface area contributed by atoms with Gasteiger partial charge in [0.25, 0.3) is 0 Å². The fourth-order valence-corrected chi connectivity index (χ4v) is 5.51. The summed E-state index contributed by atoms with van der Waals surface area (Å²) in [4.78, 5) is 0.431. The van der Waals surface area contributed by atoms with Crippen LogP contribution in [0.1, 0.15) is 24.5 Å². The smallest absolute Gasteiger partial charge is 0.243 e. The minimum absolute atomic E-state index is 0.0960. The van der Waals surface area contributed by atoms with Crippen LogP contribution in [0.5, 0.6) is 0 Å². The number of hydrogen-bond acceptors (Lipinski definition) is 3. The van der Waals surface area contributed by atoms with Crippen molar-refractivity contribution in [3.8, 4) is 0 Å². The lowest BCUT2D eigenvalue weighted by Gasteiger charge is -2.27. The molecule has 2 aliphatic heterocycles. The first-order valence-electron chi connectivity index (χ1n) is 7.23. The molecule has 3 unspecified atom stereocenters. The molecule has 0 aliphatic carbocycles. The van der Waals surface area contributed by atoms with Crippen molar-refractivity contribution in [1.29, 1.82) is 0 Å². The van der Waals surface area contributed by atoms with E-state index >= 15 is 0 Å². The summed E-state index contributed by atoms with van der Waals surface area (Å²) in [5.74, 6) is 0.464. The number of nitrogens with zero attached hydrogens (tertiary/aromatic N) is 1. The molecule has 2 saturated heterocycles. The standard InChI is InChI=1S/C15H22N2O2S/c1-10-4-5-14(6-11(10)2)20(18,19)17-12(3)7-13-8-16-9-15(13)17/h4-6,12-13,15-16H,7-9H2,1-3H3. The second kappa shape index (κ2) is 4.83. The molecule has 0 aromatic heterocycles. The summed E-state index contributed by atoms with van der Waals surface area (Å²) < 4.78 is 27.6. The maximum absolute atomic E-state index is 12.9. The third-order valence-electron chi connectivity index (χ3n) is 4.76. The van der Waals surface area contributed by atoms with Crippen molar-refractivity contribution < 1.29 is 8.42 Å². The molecular weight excluding hydrogens is 272 g/mol. The van der Waals surface area contributed by atoms with Gasteiger partial charge in [0.2, 0.25) is 10.0 Å². The lowest BCUT2D eigenvalue weighted by Crippen LogP contribution is -2.42. The molecular formula is C15H22N2O2S. The first-order chi connectivity index (χ1) is 9.41. The monoisotopic (exact) mass is 294 g/mol. The van der Waals surface area contributed by atoms with Gasteiger partial charge >= 0.3 is 0 Å². The van der Waals surface area contributed by atoms with Crippen LogP contribution in [-0.4, -0.2) is 37.9 Å². The number of aryl methyl sites for hydroxylation is 2. The Labute approximate surface area is 121 Å². The van der Waals surface area contributed by atoms with Crippen molar-refractivity contribution in [1.82, 2.24) is 9.62 Å². The van der Waals surface area contributed by atoms with Crippen LogP contribution in [0, 0.1) is 19.8 Å². The molecule has 0 bridgehead atoms. The minimum Gasteiger partial charge on any atom is -0.315 e. The van der Waals surface area contributed by atoms with Crippen LogP contribution in [0.15, 0.2) is 23.1 Å². The van der Waals surface area contributed by atoms with E-state index in [2.05, 4.69) is 5.32 Å². The molecule has 0 amide bonds. The number of rotatable bonds is 2. The number of sulfonamides is 1. The van der Waals surface area contributed by atoms with E-state index in [-0.39, 0.29) is 12.1 Å². The van der Waals surface area contributed by atoms with Gasteiger partial charge in [-0.1, -0.05) is 6.07 Å². The highest BCUT2D eigenvalue weighted by atomic mass is 32.2. The summed E-state index contributed by atoms with van der Waals surface area (Å²) in [5.41, 5.74) is 2.15. The van der Waals surface area contributed by atoms with E-state index in [1.54, 1.807) is 16.4 Å². The Morgan fingerprint density at radius 1 is 1.20 bits per heavy atom. The van der Waals surface area contributed by atoms with E-state index in [4.69, 9.17) is 0 Å². The van der Waals surface area contributed by atoms with E-state index in [1.165, 1.54) is 0 Å². The molecule has 3 atom stereocenters. The second-order valence-corrected chi connectivity index (χ2v) is 7.99. The Morgan fingerprint density at radius 2 is 1.95 bits per heavy atom. The fraction of sp³-hybridized carbons (Fsp3) is 0.600. The maximum atomic E-state index is 12.9. The zero-order valence-electron chi connectivity index (χ0n) is 12.3. The SMILES string of the molecule is Cc1ccc(S(=O)(=O)N2C(C)CC3CNCC32)cc1C. The Bertz CT molecular complexity index is 627. The van der Waals surface area contributed by atoms with Crippen LogP contribution in [0.3, 0.4) is 0 Å². The van der Waals surface area contributed by atoms with Crippen molar-refractivity contribution in [2.24, 2.45) is 5.92 Å². The zero-order valence-corrected chi connectivity index (χ0v) is 13.1. The lowest BCUT2D eigenvalue weighted by molar-refractivity contribution is 0.335. The Hall–Kier alpha value is -0.910. The summed E-state index contributed by atoms with van der Waals surface area (Å²) in [5, 5.41) is 3.31. The third kappa shape index (κ3) is 2.08. The van der Waals surface area contributed by atoms with Gasteiger partial charge in [-0.25, -0.2) is 8.42 Å². The predicted octanol–water partition coefficient (Wildman–Crippen LogP) is 1.67. The van der Waals surface area contributed by atoms with Crippen LogP contribution in [0.4, 0.5) is 0 Å². The first-order valence-corrected chi connectivity index (χ1v) is 8.67. The highest BCUT2D eigenvalue weighted by Crippen LogP contribution is 2.36. The first kappa shape index (κ1) is 14.0. The fourth-order valence-electron chi connectivity index (χ4n) is 3.54. The number of hydrogen-bond donors (Lipinski definition) is 1. The van der Waals surface area contributed by atoms with Gasteiger partial charge in [0.05, 0.1) is 4.90 Å². The molecule has 2 aliphatic rings. The van der Waals surface area contributed by atoms with E-state index in [0.29, 0.717) is 10.8 Å². The molecule has 3 rings (SSSR count). The van der Waals surface area contributed by atoms with Gasteiger partial charge in [0, 0.05) is 18.6 Å². The molecule has 2 fully saturated rings. The van der Waals surface area contributed by atoms with Crippen LogP contribution in [0.2, 0.25) is 0 Å². The molecule has 1 N–H and O–H groups in total. The molecule has 20 heavy (non-hydrogen) atoms. The van der Waals surface area contributed by atoms with Gasteiger partial charge in [-0.3, -0.25) is 0 Å². The zero-order chi connectivity index (χ0) is 14.5. The van der Waals surface area contributed by atoms with Crippen molar-refractivity contribution in [3.05, 3.63) is 29.3 Å². The Morgan fingerprint density at radius 3 is 2.65 bits per heavy atom. The predicted molar refractivity (Wildman–Crippen MR) is 79.2 cm³/mol. The van der Waals surface area contributed by atoms with Crippen molar-refractivity contribution >= 4 is 10.0 Å². The number of fused-ring (bicyclic) bond motifs is 1. The van der Waals surface area contributed by atoms with Crippen molar-refractivity contribution in [2.75, 3.05) is 13.1 Å². The van der Waals surface area contributed by atoms with Gasteiger partial charge in [-0.05, 0) is 62.9 Å². The Balaban J connectivity index is 2.00. The summed E-state index contributed by atoms with van der Waals surface area (Å²) >= 11 is 0. The van der Waals surface area contributed by atoms with Crippen LogP contribution < -0.4 is 5.32 Å². The van der Waals surface area contributed by atoms with E-state index in [1.807, 2.05) is 26.8 Å². The lowest BCUT2D eigenvalue weighted by atomic mass is 10.0. The van der Waals surface area contributed by atoms with Crippen LogP contribution in [0.25, 0.3) is 0 Å². The van der Waals surface area contributed by atoms with E-state index in [9.17, 15) is 8.42 Å². The number of nitrogens with one attached hydrogen (secondary N) is 1. The molecule has 1 aromatic rings. The van der Waals surface area contributed by atoms with Gasteiger partial charge in [-0.2, -0.15) is 4.31 Å². The van der Waals surface area contributed by atoms with E-state index in [0.717, 1.165) is 30.6 Å². The van der Waals surface area contributed by atoms with Gasteiger partial charge in [0.15, 0.2) is 0 Å². The third-order valence-corrected chi connectivity index (χ3v) is 6.80. The van der Waals surface area contributed by atoms with Gasteiger partial charge in [0.1, 0.15) is 0 Å². The molecule has 110 valence electrons. The normalized spacial score (nSPS) is 30.6. The molecule has 0 spiro atoms. The molecule has 1 aromatic carbocycles. The molecule has 0 radical (unpaired) electrons. The van der Waals surface area contributed by atoms with E-state index < -0.39 is 10.0 Å². The topological polar surface area (TPSA) is 49.4 Å². The summed E-state index contributed by atoms with van der Waals surface area (Å²) in [6, 6.07) is 5.65. The van der Waals surface area contributed by atoms with Crippen LogP contribution >= 0.6 is 0 Å². The number of benzene rings is 1. The summed E-state index contributed by atoms with van der Waals surface area (Å²) in [6.45, 7) is 7.70. The average Bonchev–Trinajstić information content (AvgIpc) is 2.91. The van der Waals surface area contributed by atoms with Crippen molar-refractivity contribution in [3.63, 3.8) is 0 Å². The Kier molecular flexibility index (Phi) is 3.39. The maximum Gasteiger partial charge on any atom is 0.243 e. The molecule has 2 heterocycles. The molecule has 5 heteroatoms. The second-order valence-electron chi connectivity index (χ2n) is 6.15. The van der Waals surface area contributed by atoms with Crippen LogP contribution in [-0.2, 0) is 10.0 Å². The molecule has 4 nitrogen and oxygen atoms in total. The van der Waals surface area contributed by atoms with Crippen molar-refractivity contribution in [2.45, 2.75) is 44.2 Å². The average molecular weight is 294 g/mol. The minimum atomic E-state index is -3.39. The summed E-state index contributed by atoms with van der Waals surface area (Å²) in [6.07, 6.45) is 0.960. The van der Waals surface area contributed by atoms with Gasteiger partial charge in [-0.15, -0.1) is 0 Å². The quantitative estimate of drug-likeness (QED) is 0.903. The summed E-state index contributed by atoms with van der Waals surface area (Å²) in [7, 11) is -3.39. The largest absolute Gasteiger partial charge is 0.315 e. The highest BCUT2D eigenvalue weighted by molar-refractivity contribution is 7.89. The molecule has 0 saturated carbocycles. The highest BCUT2D eigenvalue weighted by Gasteiger charge is 2.47.